The van der Waals surface area contributed by atoms with E-state index in [1.165, 1.54) is 36.8 Å². The van der Waals surface area contributed by atoms with Gasteiger partial charge in [-0.25, -0.2) is 0 Å². The highest BCUT2D eigenvalue weighted by Crippen LogP contribution is 2.25. The number of rotatable bonds is 6. The van der Waals surface area contributed by atoms with E-state index in [2.05, 4.69) is 45.5 Å². The van der Waals surface area contributed by atoms with E-state index in [0.717, 1.165) is 49.4 Å². The number of nitrogens with one attached hydrogen (secondary N) is 1. The van der Waals surface area contributed by atoms with Gasteiger partial charge < -0.3 is 10.2 Å². The molecular formula is C25H32N4O. The lowest BCUT2D eigenvalue weighted by molar-refractivity contribution is -0.125. The number of nitrogens with zero attached hydrogens (tertiary/aromatic N) is 3. The molecule has 1 atom stereocenters. The topological polar surface area (TPSA) is 58.1 Å². The molecule has 0 spiro atoms. The van der Waals surface area contributed by atoms with Crippen LogP contribution in [0, 0.1) is 12.8 Å². The first-order valence-electron chi connectivity index (χ1n) is 11.3. The van der Waals surface area contributed by atoms with Crippen LogP contribution in [0.2, 0.25) is 0 Å². The summed E-state index contributed by atoms with van der Waals surface area (Å²) in [5.41, 5.74) is 4.70. The Morgan fingerprint density at radius 2 is 2.03 bits per heavy atom. The van der Waals surface area contributed by atoms with Gasteiger partial charge in [-0.15, -0.1) is 10.2 Å². The van der Waals surface area contributed by atoms with E-state index in [1.807, 2.05) is 24.3 Å². The third-order valence-corrected chi connectivity index (χ3v) is 6.32. The fourth-order valence-corrected chi connectivity index (χ4v) is 4.52. The lowest BCUT2D eigenvalue weighted by atomic mass is 9.96. The SMILES string of the molecule is Cc1ccccc1-c1ccc(N2CCCC(C(=O)NCCC3=CCCCC3)C2)nn1. The highest BCUT2D eigenvalue weighted by molar-refractivity contribution is 5.79. The molecule has 1 aliphatic heterocycles. The summed E-state index contributed by atoms with van der Waals surface area (Å²) < 4.78 is 0. The van der Waals surface area contributed by atoms with Crippen molar-refractivity contribution in [1.29, 1.82) is 0 Å². The molecule has 0 bridgehead atoms. The summed E-state index contributed by atoms with van der Waals surface area (Å²) in [4.78, 5) is 14.9. The van der Waals surface area contributed by atoms with Gasteiger partial charge in [0.1, 0.15) is 0 Å². The zero-order valence-corrected chi connectivity index (χ0v) is 17.9. The molecule has 0 saturated carbocycles. The first-order chi connectivity index (χ1) is 14.7. The summed E-state index contributed by atoms with van der Waals surface area (Å²) in [5, 5.41) is 12.1. The highest BCUT2D eigenvalue weighted by Gasteiger charge is 2.26. The zero-order valence-electron chi connectivity index (χ0n) is 17.9. The molecule has 5 nitrogen and oxygen atoms in total. The Morgan fingerprint density at radius 1 is 1.13 bits per heavy atom. The molecule has 2 heterocycles. The molecule has 5 heteroatoms. The molecule has 1 aromatic carbocycles. The summed E-state index contributed by atoms with van der Waals surface area (Å²) in [6.07, 6.45) is 10.3. The van der Waals surface area contributed by atoms with Crippen LogP contribution in [0.1, 0.15) is 50.5 Å². The smallest absolute Gasteiger partial charge is 0.224 e. The summed E-state index contributed by atoms with van der Waals surface area (Å²) in [5.74, 6) is 1.06. The molecule has 1 aliphatic carbocycles. The minimum Gasteiger partial charge on any atom is -0.355 e. The van der Waals surface area contributed by atoms with Crippen molar-refractivity contribution in [3.05, 3.63) is 53.6 Å². The molecule has 2 aromatic rings. The van der Waals surface area contributed by atoms with Crippen molar-refractivity contribution in [2.45, 2.75) is 51.9 Å². The van der Waals surface area contributed by atoms with Crippen LogP contribution in [0.25, 0.3) is 11.3 Å². The number of benzene rings is 1. The maximum atomic E-state index is 12.7. The van der Waals surface area contributed by atoms with Crippen molar-refractivity contribution in [3.8, 4) is 11.3 Å². The fraction of sp³-hybridized carbons (Fsp3) is 0.480. The van der Waals surface area contributed by atoms with Crippen molar-refractivity contribution in [3.63, 3.8) is 0 Å². The highest BCUT2D eigenvalue weighted by atomic mass is 16.1. The van der Waals surface area contributed by atoms with Crippen molar-refractivity contribution in [2.24, 2.45) is 5.92 Å². The summed E-state index contributed by atoms with van der Waals surface area (Å²) in [6, 6.07) is 12.3. The van der Waals surface area contributed by atoms with Gasteiger partial charge in [-0.2, -0.15) is 0 Å². The van der Waals surface area contributed by atoms with E-state index in [9.17, 15) is 4.79 Å². The van der Waals surface area contributed by atoms with Crippen molar-refractivity contribution in [1.82, 2.24) is 15.5 Å². The average molecular weight is 405 g/mol. The Balaban J connectivity index is 1.32. The van der Waals surface area contributed by atoms with Crippen molar-refractivity contribution < 1.29 is 4.79 Å². The lowest BCUT2D eigenvalue weighted by Crippen LogP contribution is -2.43. The average Bonchev–Trinajstić information content (AvgIpc) is 2.80. The molecule has 30 heavy (non-hydrogen) atoms. The molecule has 4 rings (SSSR count). The van der Waals surface area contributed by atoms with Crippen LogP contribution < -0.4 is 10.2 Å². The van der Waals surface area contributed by atoms with E-state index >= 15 is 0 Å². The fourth-order valence-electron chi connectivity index (χ4n) is 4.52. The number of aryl methyl sites for hydroxylation is 1. The molecule has 2 aliphatic rings. The third-order valence-electron chi connectivity index (χ3n) is 6.32. The first kappa shape index (κ1) is 20.6. The van der Waals surface area contributed by atoms with Gasteiger partial charge in [0, 0.05) is 25.2 Å². The van der Waals surface area contributed by atoms with Crippen LogP contribution in [0.15, 0.2) is 48.0 Å². The molecule has 1 aromatic heterocycles. The standard InChI is InChI=1S/C25H32N4O/c1-19-8-5-6-12-22(19)23-13-14-24(28-27-23)29-17-7-11-21(18-29)25(30)26-16-15-20-9-3-2-4-10-20/h5-6,8-9,12-14,21H,2-4,7,10-11,15-18H2,1H3,(H,26,30). The van der Waals surface area contributed by atoms with Crippen LogP contribution in [0.3, 0.4) is 0 Å². The van der Waals surface area contributed by atoms with Crippen LogP contribution in [0.4, 0.5) is 5.82 Å². The Labute approximate surface area is 179 Å². The second-order valence-corrected chi connectivity index (χ2v) is 8.53. The van der Waals surface area contributed by atoms with Gasteiger partial charge in [-0.05, 0) is 69.6 Å². The Bertz CT molecular complexity index is 890. The van der Waals surface area contributed by atoms with E-state index in [0.29, 0.717) is 6.54 Å². The summed E-state index contributed by atoms with van der Waals surface area (Å²) in [7, 11) is 0. The first-order valence-corrected chi connectivity index (χ1v) is 11.3. The largest absolute Gasteiger partial charge is 0.355 e. The van der Waals surface area contributed by atoms with Crippen LogP contribution >= 0.6 is 0 Å². The van der Waals surface area contributed by atoms with Crippen LogP contribution in [-0.2, 0) is 4.79 Å². The number of carbonyl (C=O) groups excluding carboxylic acids is 1. The second kappa shape index (κ2) is 9.88. The van der Waals surface area contributed by atoms with Gasteiger partial charge in [-0.3, -0.25) is 4.79 Å². The minimum absolute atomic E-state index is 0.0249. The number of amides is 1. The number of hydrogen-bond donors (Lipinski definition) is 1. The maximum absolute atomic E-state index is 12.7. The lowest BCUT2D eigenvalue weighted by Gasteiger charge is -2.32. The molecule has 1 N–H and O–H groups in total. The minimum atomic E-state index is 0.0249. The predicted molar refractivity (Wildman–Crippen MR) is 121 cm³/mol. The van der Waals surface area contributed by atoms with Gasteiger partial charge in [0.15, 0.2) is 5.82 Å². The van der Waals surface area contributed by atoms with Crippen molar-refractivity contribution >= 4 is 11.7 Å². The van der Waals surface area contributed by atoms with E-state index < -0.39 is 0 Å². The Kier molecular flexibility index (Phi) is 6.77. The number of anilines is 1. The molecule has 1 fully saturated rings. The maximum Gasteiger partial charge on any atom is 0.224 e. The molecular weight excluding hydrogens is 372 g/mol. The molecule has 1 unspecified atom stereocenters. The Hall–Kier alpha value is -2.69. The molecule has 0 radical (unpaired) electrons. The monoisotopic (exact) mass is 404 g/mol. The van der Waals surface area contributed by atoms with Crippen LogP contribution in [-0.4, -0.2) is 35.7 Å². The third kappa shape index (κ3) is 5.07. The predicted octanol–water partition coefficient (Wildman–Crippen LogP) is 4.68. The van der Waals surface area contributed by atoms with Gasteiger partial charge in [0.05, 0.1) is 11.6 Å². The van der Waals surface area contributed by atoms with E-state index in [1.54, 1.807) is 0 Å². The molecule has 158 valence electrons. The number of carbonyl (C=O) groups is 1. The summed E-state index contributed by atoms with van der Waals surface area (Å²) in [6.45, 7) is 4.48. The zero-order chi connectivity index (χ0) is 20.8. The number of allylic oxidation sites excluding steroid dienone is 1. The van der Waals surface area contributed by atoms with E-state index in [-0.39, 0.29) is 11.8 Å². The van der Waals surface area contributed by atoms with Crippen LogP contribution in [0.5, 0.6) is 0 Å². The Morgan fingerprint density at radius 3 is 2.80 bits per heavy atom. The number of hydrogen-bond acceptors (Lipinski definition) is 4. The summed E-state index contributed by atoms with van der Waals surface area (Å²) >= 11 is 0. The second-order valence-electron chi connectivity index (χ2n) is 8.53. The van der Waals surface area contributed by atoms with Gasteiger partial charge in [-0.1, -0.05) is 35.9 Å². The van der Waals surface area contributed by atoms with Gasteiger partial charge in [0.2, 0.25) is 5.91 Å². The van der Waals surface area contributed by atoms with Gasteiger partial charge in [0.25, 0.3) is 0 Å². The quantitative estimate of drug-likeness (QED) is 0.711. The normalized spacial score (nSPS) is 19.3. The van der Waals surface area contributed by atoms with Gasteiger partial charge >= 0.3 is 0 Å². The molecule has 1 amide bonds. The number of aromatic nitrogens is 2. The van der Waals surface area contributed by atoms with Crippen molar-refractivity contribution in [2.75, 3.05) is 24.5 Å². The number of piperidine rings is 1. The van der Waals surface area contributed by atoms with E-state index in [4.69, 9.17) is 0 Å². The molecule has 1 saturated heterocycles.